The quantitative estimate of drug-likeness (QED) is 0.108. The van der Waals surface area contributed by atoms with Gasteiger partial charge in [0.1, 0.15) is 11.5 Å². The third-order valence-electron chi connectivity index (χ3n) is 7.63. The van der Waals surface area contributed by atoms with E-state index in [0.717, 1.165) is 58.7 Å². The van der Waals surface area contributed by atoms with Gasteiger partial charge < -0.3 is 9.77 Å². The first-order valence-electron chi connectivity index (χ1n) is 14.6. The number of aromatic amines is 1. The molecule has 1 N–H and O–H groups in total. The van der Waals surface area contributed by atoms with E-state index in [2.05, 4.69) is 37.4 Å². The number of tetrazole rings is 1. The van der Waals surface area contributed by atoms with Crippen LogP contribution in [-0.4, -0.2) is 53.9 Å². The number of halogens is 1. The summed E-state index contributed by atoms with van der Waals surface area (Å²) in [6.07, 6.45) is 2.53. The lowest BCUT2D eigenvalue weighted by atomic mass is 9.98. The predicted molar refractivity (Wildman–Crippen MR) is 165 cm³/mol. The number of imidazole rings is 1. The molecule has 0 fully saturated rings. The topological polar surface area (TPSA) is 120 Å². The van der Waals surface area contributed by atoms with E-state index in [-0.39, 0.29) is 16.5 Å². The predicted octanol–water partition coefficient (Wildman–Crippen LogP) is 5.48. The second-order valence-corrected chi connectivity index (χ2v) is 10.7. The number of ketones is 1. The molecule has 3 aromatic heterocycles. The molecule has 43 heavy (non-hydrogen) atoms. The minimum Gasteiger partial charge on any atom is -0.618 e. The molecule has 5 aromatic rings. The summed E-state index contributed by atoms with van der Waals surface area (Å²) in [5.41, 5.74) is 4.57. The Morgan fingerprint density at radius 1 is 1.00 bits per heavy atom. The molecular formula is C32H35ClN8O2. The van der Waals surface area contributed by atoms with Crippen LogP contribution >= 0.6 is 11.6 Å². The highest BCUT2D eigenvalue weighted by Crippen LogP contribution is 2.30. The van der Waals surface area contributed by atoms with Crippen LogP contribution in [0.2, 0.25) is 5.15 Å². The van der Waals surface area contributed by atoms with E-state index >= 15 is 0 Å². The monoisotopic (exact) mass is 598 g/mol. The minimum atomic E-state index is -0.442. The Kier molecular flexibility index (Phi) is 9.58. The van der Waals surface area contributed by atoms with Gasteiger partial charge in [-0.1, -0.05) is 87.3 Å². The summed E-state index contributed by atoms with van der Waals surface area (Å²) in [6.45, 7) is 8.63. The highest BCUT2D eigenvalue weighted by molar-refractivity contribution is 6.33. The van der Waals surface area contributed by atoms with Gasteiger partial charge in [0.2, 0.25) is 11.5 Å². The average Bonchev–Trinajstić information content (AvgIpc) is 3.68. The Labute approximate surface area is 255 Å². The van der Waals surface area contributed by atoms with Crippen LogP contribution in [0.25, 0.3) is 22.5 Å². The van der Waals surface area contributed by atoms with E-state index in [0.29, 0.717) is 31.0 Å². The summed E-state index contributed by atoms with van der Waals surface area (Å²) in [5, 5.41) is 28.0. The van der Waals surface area contributed by atoms with Gasteiger partial charge in [0.15, 0.2) is 5.15 Å². The Morgan fingerprint density at radius 3 is 2.42 bits per heavy atom. The van der Waals surface area contributed by atoms with Gasteiger partial charge >= 0.3 is 0 Å². The number of carbonyl (C=O) groups excluding carboxylic acids is 1. The molecule has 10 nitrogen and oxygen atoms in total. The Bertz CT molecular complexity index is 1680. The maximum atomic E-state index is 14.0. The number of rotatable bonds is 13. The number of hydrogen-bond donors (Lipinski definition) is 1. The van der Waals surface area contributed by atoms with Crippen LogP contribution in [0.1, 0.15) is 66.9 Å². The number of aromatic nitrogens is 7. The zero-order valence-electron chi connectivity index (χ0n) is 24.6. The number of benzene rings is 2. The molecule has 3 heterocycles. The summed E-state index contributed by atoms with van der Waals surface area (Å²) in [7, 11) is 0. The van der Waals surface area contributed by atoms with E-state index in [4.69, 9.17) is 11.6 Å². The van der Waals surface area contributed by atoms with Gasteiger partial charge in [-0.3, -0.25) is 9.69 Å². The lowest BCUT2D eigenvalue weighted by Gasteiger charge is -2.18. The maximum absolute atomic E-state index is 14.0. The highest BCUT2D eigenvalue weighted by atomic mass is 35.5. The molecular weight excluding hydrogens is 564 g/mol. The maximum Gasteiger partial charge on any atom is 0.277 e. The number of unbranched alkanes of at least 4 members (excludes halogenated alkanes) is 1. The third-order valence-corrected chi connectivity index (χ3v) is 7.89. The normalized spacial score (nSPS) is 11.4. The smallest absolute Gasteiger partial charge is 0.277 e. The first kappa shape index (κ1) is 30.1. The summed E-state index contributed by atoms with van der Waals surface area (Å²) >= 11 is 6.64. The van der Waals surface area contributed by atoms with Gasteiger partial charge in [-0.2, -0.15) is 9.94 Å². The van der Waals surface area contributed by atoms with Crippen molar-refractivity contribution in [1.82, 2.24) is 35.1 Å². The first-order chi connectivity index (χ1) is 20.9. The summed E-state index contributed by atoms with van der Waals surface area (Å²) in [6, 6.07) is 21.0. The fourth-order valence-electron chi connectivity index (χ4n) is 5.18. The van der Waals surface area contributed by atoms with Gasteiger partial charge in [0.05, 0.1) is 6.54 Å². The van der Waals surface area contributed by atoms with Crippen LogP contribution in [-0.2, 0) is 19.5 Å². The molecule has 2 aromatic carbocycles. The van der Waals surface area contributed by atoms with Crippen molar-refractivity contribution < 1.29 is 9.52 Å². The third kappa shape index (κ3) is 6.50. The second-order valence-electron chi connectivity index (χ2n) is 10.3. The summed E-state index contributed by atoms with van der Waals surface area (Å²) in [4.78, 5) is 20.7. The van der Waals surface area contributed by atoms with Gasteiger partial charge in [-0.25, -0.2) is 4.98 Å². The van der Waals surface area contributed by atoms with Crippen LogP contribution in [0.3, 0.4) is 0 Å². The molecule has 0 radical (unpaired) electrons. The van der Waals surface area contributed by atoms with E-state index in [9.17, 15) is 10.0 Å². The number of carbonyl (C=O) groups is 1. The molecule has 0 saturated carbocycles. The average molecular weight is 599 g/mol. The number of hydrogen-bond acceptors (Lipinski definition) is 7. The van der Waals surface area contributed by atoms with Crippen LogP contribution in [0.5, 0.6) is 0 Å². The lowest BCUT2D eigenvalue weighted by Crippen LogP contribution is -2.42. The molecule has 11 heteroatoms. The summed E-state index contributed by atoms with van der Waals surface area (Å²) < 4.78 is 2.59. The Balaban J connectivity index is 1.48. The van der Waals surface area contributed by atoms with Crippen molar-refractivity contribution in [3.05, 3.63) is 106 Å². The molecule has 0 saturated heterocycles. The largest absolute Gasteiger partial charge is 0.618 e. The van der Waals surface area contributed by atoms with Crippen LogP contribution in [0.15, 0.2) is 66.7 Å². The molecule has 0 aliphatic heterocycles. The molecule has 0 spiro atoms. The van der Waals surface area contributed by atoms with Crippen molar-refractivity contribution in [3.63, 3.8) is 0 Å². The van der Waals surface area contributed by atoms with Gasteiger partial charge in [-0.15, -0.1) is 10.2 Å². The molecule has 0 aliphatic carbocycles. The Hall–Kier alpha value is -4.41. The van der Waals surface area contributed by atoms with Gasteiger partial charge in [-0.05, 0) is 47.5 Å². The van der Waals surface area contributed by atoms with Crippen LogP contribution < -0.4 is 4.73 Å². The van der Waals surface area contributed by atoms with Crippen molar-refractivity contribution in [2.75, 3.05) is 13.1 Å². The molecule has 5 rings (SSSR count). The number of H-pyrrole nitrogens is 1. The number of nitrogens with zero attached hydrogens (tertiary/aromatic N) is 7. The van der Waals surface area contributed by atoms with E-state index in [1.54, 1.807) is 18.2 Å². The fourth-order valence-corrected chi connectivity index (χ4v) is 5.47. The summed E-state index contributed by atoms with van der Waals surface area (Å²) in [5.74, 6) is 0.800. The fraction of sp³-hybridized carbons (Fsp3) is 0.312. The SMILES string of the molecule is CCCCc1nc(Cl)c(C(=O)c2cccc(CN(CC)CC)[n+]2[O-])n1Cc1ccc(-c2ccccc2-c2nn[nH]n2)cc1. The number of nitrogens with one attached hydrogen (secondary N) is 1. The molecule has 0 bridgehead atoms. The zero-order chi connectivity index (χ0) is 30.3. The first-order valence-corrected chi connectivity index (χ1v) is 15.0. The van der Waals surface area contributed by atoms with E-state index in [1.165, 1.54) is 0 Å². The second kappa shape index (κ2) is 13.7. The van der Waals surface area contributed by atoms with Crippen LogP contribution in [0, 0.1) is 5.21 Å². The molecule has 0 aliphatic rings. The lowest BCUT2D eigenvalue weighted by molar-refractivity contribution is -0.617. The minimum absolute atomic E-state index is 0.0307. The molecule has 0 amide bonds. The van der Waals surface area contributed by atoms with Crippen molar-refractivity contribution >= 4 is 17.4 Å². The number of pyridine rings is 1. The highest BCUT2D eigenvalue weighted by Gasteiger charge is 2.29. The Morgan fingerprint density at radius 2 is 1.74 bits per heavy atom. The van der Waals surface area contributed by atoms with Crippen molar-refractivity contribution in [2.24, 2.45) is 0 Å². The number of aryl methyl sites for hydroxylation is 1. The van der Waals surface area contributed by atoms with Crippen LogP contribution in [0.4, 0.5) is 0 Å². The standard InChI is InChI=1S/C32H35ClN8O2/c1-4-7-15-28-34-31(33)29(30(42)27-14-10-11-24(41(27)43)21-39(5-2)6-3)40(28)20-22-16-18-23(19-17-22)25-12-8-9-13-26(25)32-35-37-38-36-32/h8-14,16-19H,4-7,15,20-21H2,1-3H3,(H,35,36,37,38). The van der Waals surface area contributed by atoms with Gasteiger partial charge in [0, 0.05) is 30.7 Å². The van der Waals surface area contributed by atoms with E-state index in [1.807, 2.05) is 66.9 Å². The van der Waals surface area contributed by atoms with Crippen molar-refractivity contribution in [1.29, 1.82) is 0 Å². The molecule has 0 atom stereocenters. The van der Waals surface area contributed by atoms with Crippen molar-refractivity contribution in [2.45, 2.75) is 53.1 Å². The van der Waals surface area contributed by atoms with E-state index < -0.39 is 5.78 Å². The zero-order valence-corrected chi connectivity index (χ0v) is 25.4. The molecule has 0 unspecified atom stereocenters. The van der Waals surface area contributed by atoms with Crippen molar-refractivity contribution in [3.8, 4) is 22.5 Å². The molecule has 222 valence electrons. The van der Waals surface area contributed by atoms with Gasteiger partial charge in [0.25, 0.3) is 11.5 Å².